The van der Waals surface area contributed by atoms with Crippen LogP contribution in [0.25, 0.3) is 10.2 Å². The van der Waals surface area contributed by atoms with E-state index in [4.69, 9.17) is 11.6 Å². The highest BCUT2D eigenvalue weighted by molar-refractivity contribution is 9.10. The van der Waals surface area contributed by atoms with Crippen molar-refractivity contribution in [2.45, 2.75) is 0 Å². The van der Waals surface area contributed by atoms with Crippen molar-refractivity contribution in [3.8, 4) is 0 Å². The lowest BCUT2D eigenvalue weighted by Crippen LogP contribution is -1.70. The Kier molecular flexibility index (Phi) is 1.87. The second-order valence-electron chi connectivity index (χ2n) is 2.04. The number of hydrogen-bond acceptors (Lipinski definition) is 2. The zero-order valence-corrected chi connectivity index (χ0v) is 8.42. The molecule has 0 N–H and O–H groups in total. The van der Waals surface area contributed by atoms with E-state index in [9.17, 15) is 0 Å². The van der Waals surface area contributed by atoms with Crippen LogP contribution in [0.1, 0.15) is 0 Å². The molecule has 0 bridgehead atoms. The number of benzene rings is 1. The molecule has 1 aromatic carbocycles. The number of aromatic nitrogens is 1. The lowest BCUT2D eigenvalue weighted by Gasteiger charge is -1.92. The summed E-state index contributed by atoms with van der Waals surface area (Å²) in [5.41, 5.74) is 3.74. The van der Waals surface area contributed by atoms with Crippen LogP contribution in [0.5, 0.6) is 0 Å². The van der Waals surface area contributed by atoms with Crippen molar-refractivity contribution in [2.24, 2.45) is 0 Å². The van der Waals surface area contributed by atoms with Gasteiger partial charge in [-0.2, -0.15) is 0 Å². The first-order chi connectivity index (χ1) is 5.27. The van der Waals surface area contributed by atoms with Crippen molar-refractivity contribution >= 4 is 49.1 Å². The molecule has 0 amide bonds. The van der Waals surface area contributed by atoms with Gasteiger partial charge >= 0.3 is 0 Å². The van der Waals surface area contributed by atoms with Gasteiger partial charge in [-0.15, -0.1) is 11.3 Å². The van der Waals surface area contributed by atoms with Gasteiger partial charge < -0.3 is 0 Å². The van der Waals surface area contributed by atoms with Crippen LogP contribution in [0.15, 0.2) is 16.6 Å². The molecule has 1 radical (unpaired) electrons. The van der Waals surface area contributed by atoms with E-state index in [2.05, 4.69) is 26.4 Å². The van der Waals surface area contributed by atoms with Gasteiger partial charge in [0.05, 0.1) is 10.2 Å². The van der Waals surface area contributed by atoms with Gasteiger partial charge in [0.15, 0.2) is 5.51 Å². The van der Waals surface area contributed by atoms with Crippen molar-refractivity contribution in [3.63, 3.8) is 0 Å². The van der Waals surface area contributed by atoms with Gasteiger partial charge in [0.2, 0.25) is 0 Å². The van der Waals surface area contributed by atoms with Gasteiger partial charge in [0.1, 0.15) is 0 Å². The van der Waals surface area contributed by atoms with E-state index in [0.29, 0.717) is 0 Å². The van der Waals surface area contributed by atoms with E-state index in [0.717, 1.165) is 19.7 Å². The smallest absolute Gasteiger partial charge is 0.153 e. The fourth-order valence-corrected chi connectivity index (χ4v) is 2.61. The van der Waals surface area contributed by atoms with Gasteiger partial charge in [-0.25, -0.2) is 4.98 Å². The van der Waals surface area contributed by atoms with Crippen LogP contribution >= 0.6 is 38.9 Å². The molecule has 0 fully saturated rings. The second-order valence-corrected chi connectivity index (χ2v) is 4.16. The second kappa shape index (κ2) is 2.73. The highest BCUT2D eigenvalue weighted by Gasteiger charge is 2.02. The SMILES string of the molecule is Clc1cc(Br)c2n[c]sc2c1. The van der Waals surface area contributed by atoms with Gasteiger partial charge in [-0.05, 0) is 28.1 Å². The molecule has 0 aliphatic heterocycles. The highest BCUT2D eigenvalue weighted by atomic mass is 79.9. The summed E-state index contributed by atoms with van der Waals surface area (Å²) < 4.78 is 1.99. The average molecular weight is 248 g/mol. The molecule has 0 saturated heterocycles. The molecule has 0 saturated carbocycles. The molecular formula is C7H2BrClNS. The zero-order chi connectivity index (χ0) is 7.84. The summed E-state index contributed by atoms with van der Waals surface area (Å²) >= 11 is 10.6. The van der Waals surface area contributed by atoms with E-state index in [1.165, 1.54) is 11.3 Å². The van der Waals surface area contributed by atoms with Crippen LogP contribution in [0.2, 0.25) is 5.02 Å². The lowest BCUT2D eigenvalue weighted by molar-refractivity contribution is 1.47. The highest BCUT2D eigenvalue weighted by Crippen LogP contribution is 2.29. The molecule has 4 heteroatoms. The van der Waals surface area contributed by atoms with Crippen LogP contribution in [-0.2, 0) is 0 Å². The van der Waals surface area contributed by atoms with E-state index in [-0.39, 0.29) is 0 Å². The molecule has 2 rings (SSSR count). The Labute approximate surface area is 81.1 Å². The minimum absolute atomic E-state index is 0.724. The van der Waals surface area contributed by atoms with Crippen molar-refractivity contribution in [2.75, 3.05) is 0 Å². The molecule has 1 aromatic heterocycles. The van der Waals surface area contributed by atoms with E-state index >= 15 is 0 Å². The first-order valence-corrected chi connectivity index (χ1v) is 4.88. The van der Waals surface area contributed by atoms with Gasteiger partial charge in [0.25, 0.3) is 0 Å². The maximum absolute atomic E-state index is 5.82. The molecule has 0 unspecified atom stereocenters. The van der Waals surface area contributed by atoms with Crippen molar-refractivity contribution in [3.05, 3.63) is 27.1 Å². The van der Waals surface area contributed by atoms with Crippen molar-refractivity contribution in [1.29, 1.82) is 0 Å². The van der Waals surface area contributed by atoms with Crippen LogP contribution < -0.4 is 0 Å². The molecule has 0 aliphatic rings. The third-order valence-electron chi connectivity index (χ3n) is 1.31. The molecular weight excluding hydrogens is 246 g/mol. The normalized spacial score (nSPS) is 10.7. The topological polar surface area (TPSA) is 12.9 Å². The predicted molar refractivity (Wildman–Crippen MR) is 51.2 cm³/mol. The average Bonchev–Trinajstić information content (AvgIpc) is 2.34. The molecule has 0 aliphatic carbocycles. The molecule has 1 heterocycles. The fourth-order valence-electron chi connectivity index (χ4n) is 0.846. The zero-order valence-electron chi connectivity index (χ0n) is 5.27. The molecule has 55 valence electrons. The molecule has 2 aromatic rings. The Morgan fingerprint density at radius 3 is 3.18 bits per heavy atom. The van der Waals surface area contributed by atoms with E-state index < -0.39 is 0 Å². The minimum atomic E-state index is 0.724. The fraction of sp³-hybridized carbons (Fsp3) is 0. The quantitative estimate of drug-likeness (QED) is 0.694. The number of halogens is 2. The largest absolute Gasteiger partial charge is 0.232 e. The third kappa shape index (κ3) is 1.28. The molecule has 0 atom stereocenters. The number of hydrogen-bond donors (Lipinski definition) is 0. The first kappa shape index (κ1) is 7.53. The van der Waals surface area contributed by atoms with Crippen LogP contribution in [0.4, 0.5) is 0 Å². The van der Waals surface area contributed by atoms with Gasteiger partial charge in [-0.3, -0.25) is 0 Å². The van der Waals surface area contributed by atoms with Gasteiger partial charge in [-0.1, -0.05) is 11.6 Å². The number of fused-ring (bicyclic) bond motifs is 1. The van der Waals surface area contributed by atoms with E-state index in [1.54, 1.807) is 0 Å². The van der Waals surface area contributed by atoms with Crippen molar-refractivity contribution in [1.82, 2.24) is 4.98 Å². The standard InChI is InChI=1S/C7H2BrClNS/c8-5-1-4(9)2-6-7(5)10-3-11-6/h1-2H. The Bertz CT molecular complexity index is 398. The number of rotatable bonds is 0. The first-order valence-electron chi connectivity index (χ1n) is 2.89. The summed E-state index contributed by atoms with van der Waals surface area (Å²) in [7, 11) is 0. The molecule has 0 spiro atoms. The molecule has 11 heavy (non-hydrogen) atoms. The minimum Gasteiger partial charge on any atom is -0.232 e. The summed E-state index contributed by atoms with van der Waals surface area (Å²) in [6, 6.07) is 3.72. The van der Waals surface area contributed by atoms with Crippen LogP contribution in [0, 0.1) is 5.51 Å². The lowest BCUT2D eigenvalue weighted by atomic mass is 10.3. The van der Waals surface area contributed by atoms with Gasteiger partial charge in [0, 0.05) is 9.50 Å². The maximum atomic E-state index is 5.82. The summed E-state index contributed by atoms with van der Waals surface area (Å²) in [4.78, 5) is 4.05. The summed E-state index contributed by atoms with van der Waals surface area (Å²) in [6.07, 6.45) is 0. The monoisotopic (exact) mass is 246 g/mol. The number of nitrogens with zero attached hydrogens (tertiary/aromatic N) is 1. The van der Waals surface area contributed by atoms with Crippen molar-refractivity contribution < 1.29 is 0 Å². The molecule has 1 nitrogen and oxygen atoms in total. The van der Waals surface area contributed by atoms with Crippen LogP contribution in [0.3, 0.4) is 0 Å². The van der Waals surface area contributed by atoms with E-state index in [1.807, 2.05) is 12.1 Å². The maximum Gasteiger partial charge on any atom is 0.153 e. The summed E-state index contributed by atoms with van der Waals surface area (Å²) in [6.45, 7) is 0. The number of thiazole rings is 1. The summed E-state index contributed by atoms with van der Waals surface area (Å²) in [5, 5.41) is 0.724. The third-order valence-corrected chi connectivity index (χ3v) is 2.84. The Balaban J connectivity index is 2.91. The summed E-state index contributed by atoms with van der Waals surface area (Å²) in [5.74, 6) is 0. The predicted octanol–water partition coefficient (Wildman–Crippen LogP) is 3.51. The Hall–Kier alpha value is -0.120. The Morgan fingerprint density at radius 1 is 1.55 bits per heavy atom. The van der Waals surface area contributed by atoms with Crippen LogP contribution in [-0.4, -0.2) is 4.98 Å². The Morgan fingerprint density at radius 2 is 2.36 bits per heavy atom.